The Labute approximate surface area is 105 Å². The molecule has 2 heterocycles. The number of methoxy groups -OCH3 is 1. The standard InChI is InChI=1S/C12H15N5O/c1-18-12-7-11(16-9-17-12)15-6-5-14-10-3-2-4-13-8-10/h2-4,7-9,14H,5-6H2,1H3,(H,15,16,17). The fourth-order valence-corrected chi connectivity index (χ4v) is 1.41. The van der Waals surface area contributed by atoms with Crippen LogP contribution >= 0.6 is 0 Å². The van der Waals surface area contributed by atoms with E-state index in [1.165, 1.54) is 6.33 Å². The van der Waals surface area contributed by atoms with E-state index >= 15 is 0 Å². The lowest BCUT2D eigenvalue weighted by Crippen LogP contribution is -2.14. The first-order valence-corrected chi connectivity index (χ1v) is 5.62. The molecular formula is C12H15N5O. The Morgan fingerprint density at radius 2 is 2.11 bits per heavy atom. The van der Waals surface area contributed by atoms with E-state index in [9.17, 15) is 0 Å². The van der Waals surface area contributed by atoms with Crippen LogP contribution in [0.3, 0.4) is 0 Å². The molecule has 18 heavy (non-hydrogen) atoms. The maximum absolute atomic E-state index is 5.02. The summed E-state index contributed by atoms with van der Waals surface area (Å²) >= 11 is 0. The molecule has 0 saturated heterocycles. The van der Waals surface area contributed by atoms with Gasteiger partial charge in [-0.1, -0.05) is 0 Å². The molecule has 0 radical (unpaired) electrons. The molecule has 2 aromatic rings. The third-order valence-corrected chi connectivity index (χ3v) is 2.27. The van der Waals surface area contributed by atoms with E-state index in [4.69, 9.17) is 4.74 Å². The Bertz CT molecular complexity index is 477. The zero-order valence-corrected chi connectivity index (χ0v) is 10.1. The fourth-order valence-electron chi connectivity index (χ4n) is 1.41. The van der Waals surface area contributed by atoms with Crippen LogP contribution in [0, 0.1) is 0 Å². The minimum atomic E-state index is 0.549. The molecule has 2 aromatic heterocycles. The lowest BCUT2D eigenvalue weighted by molar-refractivity contribution is 0.397. The number of pyridine rings is 1. The highest BCUT2D eigenvalue weighted by atomic mass is 16.5. The highest BCUT2D eigenvalue weighted by Crippen LogP contribution is 2.09. The molecule has 0 spiro atoms. The van der Waals surface area contributed by atoms with Crippen LogP contribution in [0.5, 0.6) is 5.88 Å². The molecule has 0 amide bonds. The van der Waals surface area contributed by atoms with Crippen molar-refractivity contribution in [3.8, 4) is 5.88 Å². The van der Waals surface area contributed by atoms with Gasteiger partial charge in [-0.2, -0.15) is 0 Å². The van der Waals surface area contributed by atoms with Gasteiger partial charge in [-0.05, 0) is 12.1 Å². The molecule has 0 aliphatic carbocycles. The van der Waals surface area contributed by atoms with E-state index in [0.717, 1.165) is 24.6 Å². The maximum Gasteiger partial charge on any atom is 0.218 e. The number of hydrogen-bond donors (Lipinski definition) is 2. The Morgan fingerprint density at radius 1 is 1.22 bits per heavy atom. The predicted molar refractivity (Wildman–Crippen MR) is 69.8 cm³/mol. The van der Waals surface area contributed by atoms with Crippen molar-refractivity contribution in [3.05, 3.63) is 36.9 Å². The van der Waals surface area contributed by atoms with E-state index in [1.807, 2.05) is 12.1 Å². The summed E-state index contributed by atoms with van der Waals surface area (Å²) in [5.74, 6) is 1.29. The summed E-state index contributed by atoms with van der Waals surface area (Å²) in [5, 5.41) is 6.42. The second-order valence-electron chi connectivity index (χ2n) is 3.54. The Kier molecular flexibility index (Phi) is 4.29. The normalized spacial score (nSPS) is 9.83. The predicted octanol–water partition coefficient (Wildman–Crippen LogP) is 1.40. The lowest BCUT2D eigenvalue weighted by atomic mass is 10.4. The minimum Gasteiger partial charge on any atom is -0.481 e. The van der Waals surface area contributed by atoms with Crippen molar-refractivity contribution in [2.24, 2.45) is 0 Å². The van der Waals surface area contributed by atoms with Gasteiger partial charge in [0.15, 0.2) is 0 Å². The van der Waals surface area contributed by atoms with Crippen molar-refractivity contribution < 1.29 is 4.74 Å². The molecule has 2 N–H and O–H groups in total. The van der Waals surface area contributed by atoms with E-state index < -0.39 is 0 Å². The second kappa shape index (κ2) is 6.39. The molecule has 0 aliphatic heterocycles. The molecule has 6 nitrogen and oxygen atoms in total. The van der Waals surface area contributed by atoms with Crippen molar-refractivity contribution in [1.29, 1.82) is 0 Å². The van der Waals surface area contributed by atoms with Crippen LogP contribution < -0.4 is 15.4 Å². The molecular weight excluding hydrogens is 230 g/mol. The lowest BCUT2D eigenvalue weighted by Gasteiger charge is -2.08. The number of nitrogens with one attached hydrogen (secondary N) is 2. The molecule has 0 bridgehead atoms. The molecule has 2 rings (SSSR count). The molecule has 0 fully saturated rings. The van der Waals surface area contributed by atoms with Gasteiger partial charge in [0.2, 0.25) is 5.88 Å². The van der Waals surface area contributed by atoms with Crippen molar-refractivity contribution >= 4 is 11.5 Å². The summed E-state index contributed by atoms with van der Waals surface area (Å²) in [6, 6.07) is 5.62. The van der Waals surface area contributed by atoms with Gasteiger partial charge in [0.1, 0.15) is 12.1 Å². The first-order valence-electron chi connectivity index (χ1n) is 5.62. The van der Waals surface area contributed by atoms with Crippen LogP contribution in [-0.4, -0.2) is 35.2 Å². The van der Waals surface area contributed by atoms with Crippen LogP contribution in [0.4, 0.5) is 11.5 Å². The van der Waals surface area contributed by atoms with Crippen LogP contribution in [0.1, 0.15) is 0 Å². The first kappa shape index (κ1) is 12.1. The molecule has 0 unspecified atom stereocenters. The van der Waals surface area contributed by atoms with Gasteiger partial charge in [-0.3, -0.25) is 4.98 Å². The highest BCUT2D eigenvalue weighted by molar-refractivity contribution is 5.41. The van der Waals surface area contributed by atoms with Gasteiger partial charge in [0, 0.05) is 31.5 Å². The second-order valence-corrected chi connectivity index (χ2v) is 3.54. The largest absolute Gasteiger partial charge is 0.481 e. The summed E-state index contributed by atoms with van der Waals surface area (Å²) in [6.07, 6.45) is 5.00. The zero-order valence-electron chi connectivity index (χ0n) is 10.1. The van der Waals surface area contributed by atoms with Crippen LogP contribution in [0.25, 0.3) is 0 Å². The van der Waals surface area contributed by atoms with Crippen LogP contribution in [0.15, 0.2) is 36.9 Å². The van der Waals surface area contributed by atoms with Crippen LogP contribution in [-0.2, 0) is 0 Å². The van der Waals surface area contributed by atoms with Gasteiger partial charge in [0.25, 0.3) is 0 Å². The monoisotopic (exact) mass is 245 g/mol. The molecule has 94 valence electrons. The Balaban J connectivity index is 1.75. The average Bonchev–Trinajstić information content (AvgIpc) is 2.45. The summed E-state index contributed by atoms with van der Waals surface area (Å²) < 4.78 is 5.02. The number of hydrogen-bond acceptors (Lipinski definition) is 6. The van der Waals surface area contributed by atoms with E-state index in [-0.39, 0.29) is 0 Å². The maximum atomic E-state index is 5.02. The summed E-state index contributed by atoms with van der Waals surface area (Å²) in [5.41, 5.74) is 1.000. The summed E-state index contributed by atoms with van der Waals surface area (Å²) in [6.45, 7) is 1.52. The van der Waals surface area contributed by atoms with Crippen molar-refractivity contribution in [1.82, 2.24) is 15.0 Å². The Hall–Kier alpha value is -2.37. The molecule has 0 aromatic carbocycles. The smallest absolute Gasteiger partial charge is 0.218 e. The first-order chi connectivity index (χ1) is 8.88. The SMILES string of the molecule is COc1cc(NCCNc2cccnc2)ncn1. The number of ether oxygens (including phenoxy) is 1. The molecule has 0 saturated carbocycles. The van der Waals surface area contributed by atoms with Gasteiger partial charge >= 0.3 is 0 Å². The van der Waals surface area contributed by atoms with Crippen molar-refractivity contribution in [2.75, 3.05) is 30.8 Å². The van der Waals surface area contributed by atoms with Gasteiger partial charge in [-0.25, -0.2) is 9.97 Å². The van der Waals surface area contributed by atoms with E-state index in [1.54, 1.807) is 25.6 Å². The third kappa shape index (κ3) is 3.58. The Morgan fingerprint density at radius 3 is 2.89 bits per heavy atom. The van der Waals surface area contributed by atoms with Gasteiger partial charge < -0.3 is 15.4 Å². The number of rotatable bonds is 6. The molecule has 0 atom stereocenters. The summed E-state index contributed by atoms with van der Waals surface area (Å²) in [4.78, 5) is 12.1. The van der Waals surface area contributed by atoms with E-state index in [0.29, 0.717) is 5.88 Å². The van der Waals surface area contributed by atoms with Crippen LogP contribution in [0.2, 0.25) is 0 Å². The highest BCUT2D eigenvalue weighted by Gasteiger charge is 1.97. The van der Waals surface area contributed by atoms with Gasteiger partial charge in [0.05, 0.1) is 12.8 Å². The van der Waals surface area contributed by atoms with E-state index in [2.05, 4.69) is 25.6 Å². The number of nitrogens with zero attached hydrogens (tertiary/aromatic N) is 3. The number of aromatic nitrogens is 3. The number of anilines is 2. The van der Waals surface area contributed by atoms with Crippen molar-refractivity contribution in [2.45, 2.75) is 0 Å². The van der Waals surface area contributed by atoms with Crippen molar-refractivity contribution in [3.63, 3.8) is 0 Å². The summed E-state index contributed by atoms with van der Waals surface area (Å²) in [7, 11) is 1.58. The molecule has 6 heteroatoms. The average molecular weight is 245 g/mol. The molecule has 0 aliphatic rings. The zero-order chi connectivity index (χ0) is 12.6. The topological polar surface area (TPSA) is 72.0 Å². The minimum absolute atomic E-state index is 0.549. The fraction of sp³-hybridized carbons (Fsp3) is 0.250. The quantitative estimate of drug-likeness (QED) is 0.750. The third-order valence-electron chi connectivity index (χ3n) is 2.27. The van der Waals surface area contributed by atoms with Gasteiger partial charge in [-0.15, -0.1) is 0 Å².